The molecule has 102 valence electrons. The largest absolute Gasteiger partial charge is 0.354 e. The van der Waals surface area contributed by atoms with Crippen molar-refractivity contribution < 1.29 is 4.79 Å². The second-order valence-corrected chi connectivity index (χ2v) is 6.68. The lowest BCUT2D eigenvalue weighted by molar-refractivity contribution is -0.127. The van der Waals surface area contributed by atoms with Crippen LogP contribution in [0.3, 0.4) is 0 Å². The van der Waals surface area contributed by atoms with Gasteiger partial charge in [-0.15, -0.1) is 0 Å². The van der Waals surface area contributed by atoms with Crippen molar-refractivity contribution in [2.75, 3.05) is 13.1 Å². The smallest absolute Gasteiger partial charge is 0.240 e. The van der Waals surface area contributed by atoms with E-state index in [1.807, 2.05) is 0 Å². The molecule has 1 heterocycles. The molecule has 3 aliphatic rings. The second kappa shape index (κ2) is 4.52. The second-order valence-electron chi connectivity index (χ2n) is 6.68. The van der Waals surface area contributed by atoms with Gasteiger partial charge in [-0.05, 0) is 62.8 Å². The number of carbonyl (C=O) groups is 1. The number of hydrogen-bond acceptors (Lipinski definition) is 2. The predicted octanol–water partition coefficient (Wildman–Crippen LogP) is 2.22. The van der Waals surface area contributed by atoms with E-state index in [1.54, 1.807) is 0 Å². The third kappa shape index (κ3) is 2.18. The van der Waals surface area contributed by atoms with Crippen molar-refractivity contribution in [1.82, 2.24) is 10.6 Å². The SMILES string of the molecule is CCCC1(C(=O)NCC2(C3CC3)CC2)CCCN1. The number of rotatable bonds is 6. The fraction of sp³-hybridized carbons (Fsp3) is 0.933. The quantitative estimate of drug-likeness (QED) is 0.759. The zero-order valence-corrected chi connectivity index (χ0v) is 11.6. The van der Waals surface area contributed by atoms with Crippen LogP contribution in [0.2, 0.25) is 0 Å². The highest BCUT2D eigenvalue weighted by Crippen LogP contribution is 2.60. The summed E-state index contributed by atoms with van der Waals surface area (Å²) in [6.45, 7) is 4.10. The van der Waals surface area contributed by atoms with Crippen molar-refractivity contribution in [2.24, 2.45) is 11.3 Å². The van der Waals surface area contributed by atoms with Crippen LogP contribution in [0.15, 0.2) is 0 Å². The summed E-state index contributed by atoms with van der Waals surface area (Å²) in [5.74, 6) is 1.20. The van der Waals surface area contributed by atoms with Crippen molar-refractivity contribution in [1.29, 1.82) is 0 Å². The summed E-state index contributed by atoms with van der Waals surface area (Å²) < 4.78 is 0. The maximum absolute atomic E-state index is 12.5. The van der Waals surface area contributed by atoms with E-state index in [2.05, 4.69) is 17.6 Å². The van der Waals surface area contributed by atoms with E-state index in [0.717, 1.165) is 44.7 Å². The van der Waals surface area contributed by atoms with Gasteiger partial charge >= 0.3 is 0 Å². The highest BCUT2D eigenvalue weighted by atomic mass is 16.2. The van der Waals surface area contributed by atoms with E-state index < -0.39 is 0 Å². The average Bonchev–Trinajstić information content (AvgIpc) is 3.26. The van der Waals surface area contributed by atoms with E-state index in [1.165, 1.54) is 25.7 Å². The summed E-state index contributed by atoms with van der Waals surface area (Å²) >= 11 is 0. The minimum absolute atomic E-state index is 0.242. The van der Waals surface area contributed by atoms with Crippen molar-refractivity contribution in [3.63, 3.8) is 0 Å². The molecular weight excluding hydrogens is 224 g/mol. The van der Waals surface area contributed by atoms with Gasteiger partial charge in [-0.2, -0.15) is 0 Å². The van der Waals surface area contributed by atoms with Crippen LogP contribution in [0.1, 0.15) is 58.3 Å². The summed E-state index contributed by atoms with van der Waals surface area (Å²) in [5, 5.41) is 6.73. The molecule has 2 saturated carbocycles. The fourth-order valence-electron chi connectivity index (χ4n) is 3.76. The number of carbonyl (C=O) groups excluding carboxylic acids is 1. The molecular formula is C15H26N2O. The average molecular weight is 250 g/mol. The minimum atomic E-state index is -0.242. The lowest BCUT2D eigenvalue weighted by Crippen LogP contribution is -2.54. The number of amides is 1. The van der Waals surface area contributed by atoms with Gasteiger partial charge in [-0.1, -0.05) is 13.3 Å². The molecule has 1 aliphatic heterocycles. The van der Waals surface area contributed by atoms with Gasteiger partial charge in [0.15, 0.2) is 0 Å². The van der Waals surface area contributed by atoms with E-state index in [0.29, 0.717) is 5.41 Å². The lowest BCUT2D eigenvalue weighted by atomic mass is 9.90. The van der Waals surface area contributed by atoms with Gasteiger partial charge in [0.05, 0.1) is 5.54 Å². The molecule has 3 rings (SSSR count). The van der Waals surface area contributed by atoms with Gasteiger partial charge in [0.1, 0.15) is 0 Å². The molecule has 1 atom stereocenters. The molecule has 2 aliphatic carbocycles. The first kappa shape index (κ1) is 12.5. The van der Waals surface area contributed by atoms with Gasteiger partial charge in [-0.3, -0.25) is 4.79 Å². The van der Waals surface area contributed by atoms with Crippen LogP contribution in [-0.4, -0.2) is 24.5 Å². The Hall–Kier alpha value is -0.570. The Kier molecular flexibility index (Phi) is 3.13. The minimum Gasteiger partial charge on any atom is -0.354 e. The van der Waals surface area contributed by atoms with Gasteiger partial charge < -0.3 is 10.6 Å². The Morgan fingerprint density at radius 1 is 1.33 bits per heavy atom. The zero-order chi connectivity index (χ0) is 12.6. The maximum atomic E-state index is 12.5. The Bertz CT molecular complexity index is 325. The zero-order valence-electron chi connectivity index (χ0n) is 11.6. The van der Waals surface area contributed by atoms with Crippen LogP contribution < -0.4 is 10.6 Å². The van der Waals surface area contributed by atoms with Gasteiger partial charge in [-0.25, -0.2) is 0 Å². The molecule has 0 radical (unpaired) electrons. The molecule has 0 aromatic heterocycles. The predicted molar refractivity (Wildman–Crippen MR) is 72.3 cm³/mol. The molecule has 3 heteroatoms. The molecule has 0 spiro atoms. The normalized spacial score (nSPS) is 33.4. The Balaban J connectivity index is 1.56. The van der Waals surface area contributed by atoms with Crippen LogP contribution in [0.25, 0.3) is 0 Å². The van der Waals surface area contributed by atoms with Crippen LogP contribution >= 0.6 is 0 Å². The summed E-state index contributed by atoms with van der Waals surface area (Å²) in [5.41, 5.74) is 0.274. The highest BCUT2D eigenvalue weighted by molar-refractivity contribution is 5.86. The molecule has 3 nitrogen and oxygen atoms in total. The first-order valence-electron chi connectivity index (χ1n) is 7.74. The Labute approximate surface area is 110 Å². The molecule has 1 saturated heterocycles. The first-order valence-corrected chi connectivity index (χ1v) is 7.74. The number of nitrogens with one attached hydrogen (secondary N) is 2. The molecule has 18 heavy (non-hydrogen) atoms. The standard InChI is InChI=1S/C15H26N2O/c1-2-6-15(7-3-10-17-15)13(18)16-11-14(8-9-14)12-4-5-12/h12,17H,2-11H2,1H3,(H,16,18). The van der Waals surface area contributed by atoms with Crippen LogP contribution in [0, 0.1) is 11.3 Å². The van der Waals surface area contributed by atoms with E-state index >= 15 is 0 Å². The van der Waals surface area contributed by atoms with Gasteiger partial charge in [0.25, 0.3) is 0 Å². The molecule has 2 N–H and O–H groups in total. The Morgan fingerprint density at radius 3 is 2.61 bits per heavy atom. The first-order chi connectivity index (χ1) is 8.71. The van der Waals surface area contributed by atoms with E-state index in [9.17, 15) is 4.79 Å². The molecule has 1 amide bonds. The van der Waals surface area contributed by atoms with Crippen LogP contribution in [0.5, 0.6) is 0 Å². The highest BCUT2D eigenvalue weighted by Gasteiger charge is 2.54. The molecule has 0 aromatic carbocycles. The fourth-order valence-corrected chi connectivity index (χ4v) is 3.76. The summed E-state index contributed by atoms with van der Waals surface area (Å²) in [7, 11) is 0. The van der Waals surface area contributed by atoms with Crippen molar-refractivity contribution >= 4 is 5.91 Å². The van der Waals surface area contributed by atoms with Crippen LogP contribution in [-0.2, 0) is 4.79 Å². The Morgan fingerprint density at radius 2 is 2.11 bits per heavy atom. The van der Waals surface area contributed by atoms with Crippen molar-refractivity contribution in [3.8, 4) is 0 Å². The molecule has 0 bridgehead atoms. The van der Waals surface area contributed by atoms with Crippen molar-refractivity contribution in [2.45, 2.75) is 63.8 Å². The third-order valence-corrected chi connectivity index (χ3v) is 5.29. The number of hydrogen-bond donors (Lipinski definition) is 2. The summed E-state index contributed by atoms with van der Waals surface area (Å²) in [6, 6.07) is 0. The summed E-state index contributed by atoms with van der Waals surface area (Å²) in [6.07, 6.45) is 9.69. The lowest BCUT2D eigenvalue weighted by Gasteiger charge is -2.29. The monoisotopic (exact) mass is 250 g/mol. The van der Waals surface area contributed by atoms with Crippen LogP contribution in [0.4, 0.5) is 0 Å². The van der Waals surface area contributed by atoms with Gasteiger partial charge in [0.2, 0.25) is 5.91 Å². The van der Waals surface area contributed by atoms with Gasteiger partial charge in [0, 0.05) is 6.54 Å². The maximum Gasteiger partial charge on any atom is 0.240 e. The summed E-state index contributed by atoms with van der Waals surface area (Å²) in [4.78, 5) is 12.5. The topological polar surface area (TPSA) is 41.1 Å². The van der Waals surface area contributed by atoms with Crippen molar-refractivity contribution in [3.05, 3.63) is 0 Å². The molecule has 3 fully saturated rings. The molecule has 0 aromatic rings. The third-order valence-electron chi connectivity index (χ3n) is 5.29. The molecule has 1 unspecified atom stereocenters. The van der Waals surface area contributed by atoms with E-state index in [4.69, 9.17) is 0 Å². The van der Waals surface area contributed by atoms with E-state index in [-0.39, 0.29) is 11.4 Å².